The van der Waals surface area contributed by atoms with Crippen LogP contribution in [0.25, 0.3) is 11.3 Å². The lowest BCUT2D eigenvalue weighted by atomic mass is 9.97. The summed E-state index contributed by atoms with van der Waals surface area (Å²) in [7, 11) is 0. The Bertz CT molecular complexity index is 782. The number of fused-ring (bicyclic) bond motifs is 1. The van der Waals surface area contributed by atoms with Crippen molar-refractivity contribution in [3.8, 4) is 6.07 Å². The second-order valence-electron chi connectivity index (χ2n) is 4.85. The Balaban J connectivity index is 2.22. The summed E-state index contributed by atoms with van der Waals surface area (Å²) in [5.74, 6) is 0. The van der Waals surface area contributed by atoms with E-state index in [1.54, 1.807) is 0 Å². The number of hydrogen-bond donors (Lipinski definition) is 2. The molecule has 0 radical (unpaired) electrons. The summed E-state index contributed by atoms with van der Waals surface area (Å²) in [6, 6.07) is 18.0. The van der Waals surface area contributed by atoms with Crippen molar-refractivity contribution in [2.45, 2.75) is 6.92 Å². The van der Waals surface area contributed by atoms with E-state index in [1.165, 1.54) is 0 Å². The Hall–Kier alpha value is -2.64. The fourth-order valence-corrected chi connectivity index (χ4v) is 2.54. The molecule has 0 spiro atoms. The summed E-state index contributed by atoms with van der Waals surface area (Å²) < 4.78 is 0. The number of nitrogens with one attached hydrogen (secondary N) is 2. The molecule has 0 atom stereocenters. The van der Waals surface area contributed by atoms with Gasteiger partial charge in [-0.15, -0.1) is 0 Å². The fraction of sp³-hybridized carbons (Fsp3) is 0.0588. The molecule has 1 aliphatic rings. The molecule has 102 valence electrons. The molecule has 0 amide bonds. The van der Waals surface area contributed by atoms with E-state index in [1.807, 2.05) is 55.5 Å². The molecule has 0 bridgehead atoms. The normalized spacial score (nSPS) is 15.3. The molecular formula is C17H13N3S. The molecule has 0 aromatic heterocycles. The van der Waals surface area contributed by atoms with E-state index in [4.69, 9.17) is 12.2 Å². The minimum Gasteiger partial charge on any atom is -0.332 e. The number of thiocarbonyl (C=S) groups is 1. The Morgan fingerprint density at radius 2 is 1.76 bits per heavy atom. The van der Waals surface area contributed by atoms with E-state index in [9.17, 15) is 5.26 Å². The van der Waals surface area contributed by atoms with Gasteiger partial charge in [0, 0.05) is 11.3 Å². The molecule has 21 heavy (non-hydrogen) atoms. The van der Waals surface area contributed by atoms with Crippen molar-refractivity contribution in [3.05, 3.63) is 65.2 Å². The Morgan fingerprint density at radius 3 is 2.48 bits per heavy atom. The van der Waals surface area contributed by atoms with Crippen LogP contribution in [0.1, 0.15) is 16.7 Å². The third-order valence-corrected chi connectivity index (χ3v) is 3.59. The van der Waals surface area contributed by atoms with Gasteiger partial charge in [-0.2, -0.15) is 5.26 Å². The predicted molar refractivity (Wildman–Crippen MR) is 89.4 cm³/mol. The van der Waals surface area contributed by atoms with E-state index in [0.29, 0.717) is 10.7 Å². The Morgan fingerprint density at radius 1 is 1.05 bits per heavy atom. The average Bonchev–Trinajstić information content (AvgIpc) is 2.49. The lowest BCUT2D eigenvalue weighted by molar-refractivity contribution is 1.27. The lowest BCUT2D eigenvalue weighted by Crippen LogP contribution is -2.32. The smallest absolute Gasteiger partial charge is 0.175 e. The summed E-state index contributed by atoms with van der Waals surface area (Å²) in [6.07, 6.45) is 0. The number of allylic oxidation sites excluding steroid dienone is 1. The SMILES string of the molecule is Cc1ccc(/C(C#N)=C2\NC(=S)Nc3ccccc32)cc1. The van der Waals surface area contributed by atoms with Crippen molar-refractivity contribution in [2.75, 3.05) is 5.32 Å². The number of para-hydroxylation sites is 1. The summed E-state index contributed by atoms with van der Waals surface area (Å²) in [6.45, 7) is 2.02. The van der Waals surface area contributed by atoms with Crippen LogP contribution in [0.3, 0.4) is 0 Å². The highest BCUT2D eigenvalue weighted by Crippen LogP contribution is 2.31. The quantitative estimate of drug-likeness (QED) is 0.621. The first-order valence-corrected chi connectivity index (χ1v) is 6.98. The van der Waals surface area contributed by atoms with Gasteiger partial charge < -0.3 is 10.6 Å². The number of aryl methyl sites for hydroxylation is 1. The molecule has 0 fully saturated rings. The van der Waals surface area contributed by atoms with Crippen molar-refractivity contribution in [1.29, 1.82) is 5.26 Å². The van der Waals surface area contributed by atoms with Gasteiger partial charge >= 0.3 is 0 Å². The van der Waals surface area contributed by atoms with E-state index in [0.717, 1.165) is 28.1 Å². The van der Waals surface area contributed by atoms with Crippen molar-refractivity contribution in [2.24, 2.45) is 0 Å². The molecule has 1 heterocycles. The topological polar surface area (TPSA) is 47.9 Å². The maximum absolute atomic E-state index is 9.60. The van der Waals surface area contributed by atoms with Gasteiger partial charge in [0.2, 0.25) is 0 Å². The van der Waals surface area contributed by atoms with Gasteiger partial charge in [0.05, 0.1) is 11.3 Å². The van der Waals surface area contributed by atoms with Crippen molar-refractivity contribution >= 4 is 34.3 Å². The monoisotopic (exact) mass is 291 g/mol. The standard InChI is InChI=1S/C17H13N3S/c1-11-6-8-12(9-7-11)14(10-18)16-13-4-2-3-5-15(13)19-17(21)20-16/h2-9H,1H3,(H2,19,20,21)/b16-14-. The summed E-state index contributed by atoms with van der Waals surface area (Å²) >= 11 is 5.23. The van der Waals surface area contributed by atoms with Crippen LogP contribution in [0.15, 0.2) is 48.5 Å². The summed E-state index contributed by atoms with van der Waals surface area (Å²) in [4.78, 5) is 0. The van der Waals surface area contributed by atoms with Crippen molar-refractivity contribution < 1.29 is 0 Å². The molecule has 1 aliphatic heterocycles. The van der Waals surface area contributed by atoms with Gasteiger partial charge in [-0.1, -0.05) is 48.0 Å². The number of nitrogens with zero attached hydrogens (tertiary/aromatic N) is 1. The molecule has 0 saturated heterocycles. The second kappa shape index (κ2) is 5.39. The Kier molecular flexibility index (Phi) is 3.43. The van der Waals surface area contributed by atoms with Crippen LogP contribution in [0, 0.1) is 18.3 Å². The number of hydrogen-bond acceptors (Lipinski definition) is 2. The highest BCUT2D eigenvalue weighted by atomic mass is 32.1. The van der Waals surface area contributed by atoms with Gasteiger partial charge in [-0.05, 0) is 30.8 Å². The van der Waals surface area contributed by atoms with Gasteiger partial charge in [0.1, 0.15) is 6.07 Å². The molecule has 2 aromatic rings. The predicted octanol–water partition coefficient (Wildman–Crippen LogP) is 3.69. The largest absolute Gasteiger partial charge is 0.332 e. The molecule has 3 nitrogen and oxygen atoms in total. The lowest BCUT2D eigenvalue weighted by Gasteiger charge is -2.24. The fourth-order valence-electron chi connectivity index (χ4n) is 2.33. The van der Waals surface area contributed by atoms with Crippen LogP contribution >= 0.6 is 12.2 Å². The molecule has 0 unspecified atom stereocenters. The number of rotatable bonds is 1. The number of anilines is 1. The maximum atomic E-state index is 9.60. The summed E-state index contributed by atoms with van der Waals surface area (Å²) in [5, 5.41) is 16.3. The first-order valence-electron chi connectivity index (χ1n) is 6.58. The third-order valence-electron chi connectivity index (χ3n) is 3.39. The zero-order chi connectivity index (χ0) is 14.8. The zero-order valence-electron chi connectivity index (χ0n) is 11.5. The van der Waals surface area contributed by atoms with E-state index in [-0.39, 0.29) is 0 Å². The molecule has 3 rings (SSSR count). The van der Waals surface area contributed by atoms with Crippen LogP contribution in [-0.4, -0.2) is 5.11 Å². The number of nitriles is 1. The van der Waals surface area contributed by atoms with Crippen LogP contribution < -0.4 is 10.6 Å². The van der Waals surface area contributed by atoms with E-state index in [2.05, 4.69) is 16.7 Å². The van der Waals surface area contributed by atoms with Crippen molar-refractivity contribution in [1.82, 2.24) is 5.32 Å². The van der Waals surface area contributed by atoms with Crippen LogP contribution in [0.2, 0.25) is 0 Å². The molecule has 0 aliphatic carbocycles. The maximum Gasteiger partial charge on any atom is 0.175 e. The highest BCUT2D eigenvalue weighted by Gasteiger charge is 2.20. The average molecular weight is 291 g/mol. The minimum absolute atomic E-state index is 0.503. The van der Waals surface area contributed by atoms with Crippen LogP contribution in [0.5, 0.6) is 0 Å². The summed E-state index contributed by atoms with van der Waals surface area (Å²) in [5.41, 5.74) is 5.24. The molecule has 2 aromatic carbocycles. The van der Waals surface area contributed by atoms with E-state index >= 15 is 0 Å². The van der Waals surface area contributed by atoms with Gasteiger partial charge in [0.25, 0.3) is 0 Å². The van der Waals surface area contributed by atoms with Gasteiger partial charge in [-0.25, -0.2) is 0 Å². The van der Waals surface area contributed by atoms with Gasteiger partial charge in [-0.3, -0.25) is 0 Å². The van der Waals surface area contributed by atoms with E-state index < -0.39 is 0 Å². The molecule has 0 saturated carbocycles. The molecular weight excluding hydrogens is 278 g/mol. The van der Waals surface area contributed by atoms with Crippen LogP contribution in [0.4, 0.5) is 5.69 Å². The van der Waals surface area contributed by atoms with Gasteiger partial charge in [0.15, 0.2) is 5.11 Å². The first kappa shape index (κ1) is 13.3. The minimum atomic E-state index is 0.503. The van der Waals surface area contributed by atoms with Crippen LogP contribution in [-0.2, 0) is 0 Å². The Labute approximate surface area is 128 Å². The first-order chi connectivity index (χ1) is 10.2. The highest BCUT2D eigenvalue weighted by molar-refractivity contribution is 7.80. The molecule has 2 N–H and O–H groups in total. The van der Waals surface area contributed by atoms with Crippen molar-refractivity contribution in [3.63, 3.8) is 0 Å². The second-order valence-corrected chi connectivity index (χ2v) is 5.26. The third kappa shape index (κ3) is 2.51. The number of benzene rings is 2. The zero-order valence-corrected chi connectivity index (χ0v) is 12.3. The molecule has 4 heteroatoms.